The minimum absolute atomic E-state index is 0.00349. The Bertz CT molecular complexity index is 506. The minimum atomic E-state index is -1.88. The van der Waals surface area contributed by atoms with Crippen molar-refractivity contribution >= 4 is 18.3 Å². The van der Waals surface area contributed by atoms with Gasteiger partial charge in [-0.25, -0.2) is 4.79 Å². The Labute approximate surface area is 124 Å². The number of nitrogens with one attached hydrogen (secondary N) is 2. The molecule has 1 aliphatic rings. The fourth-order valence-electron chi connectivity index (χ4n) is 1.71. The van der Waals surface area contributed by atoms with Crippen molar-refractivity contribution in [2.45, 2.75) is 24.9 Å². The van der Waals surface area contributed by atoms with Crippen molar-refractivity contribution in [2.24, 2.45) is 0 Å². The monoisotopic (exact) mass is 318 g/mol. The number of carboxylic acid groups (broad SMARTS) is 1. The van der Waals surface area contributed by atoms with E-state index in [4.69, 9.17) is 14.9 Å². The third-order valence-corrected chi connectivity index (χ3v) is 2.75. The Morgan fingerprint density at radius 2 is 2.09 bits per heavy atom. The van der Waals surface area contributed by atoms with Crippen LogP contribution in [-0.4, -0.2) is 58.6 Å². The summed E-state index contributed by atoms with van der Waals surface area (Å²) < 4.78 is 18.2. The van der Waals surface area contributed by atoms with E-state index in [9.17, 15) is 23.9 Å². The van der Waals surface area contributed by atoms with E-state index in [0.29, 0.717) is 6.08 Å². The van der Waals surface area contributed by atoms with E-state index in [1.54, 1.807) is 0 Å². The highest BCUT2D eigenvalue weighted by molar-refractivity contribution is 5.98. The molecule has 5 N–H and O–H groups in total. The van der Waals surface area contributed by atoms with Gasteiger partial charge in [-0.2, -0.15) is 4.39 Å². The summed E-state index contributed by atoms with van der Waals surface area (Å²) >= 11 is 0. The van der Waals surface area contributed by atoms with Crippen LogP contribution in [0.25, 0.3) is 0 Å². The van der Waals surface area contributed by atoms with Crippen molar-refractivity contribution in [3.63, 3.8) is 0 Å². The molecule has 0 aliphatic carbocycles. The predicted octanol–water partition coefficient (Wildman–Crippen LogP) is -1.86. The number of aliphatic hydroxyl groups excluding tert-OH is 2. The van der Waals surface area contributed by atoms with Crippen molar-refractivity contribution in [1.29, 1.82) is 0 Å². The molecule has 22 heavy (non-hydrogen) atoms. The summed E-state index contributed by atoms with van der Waals surface area (Å²) in [4.78, 5) is 32.5. The van der Waals surface area contributed by atoms with Gasteiger partial charge in [-0.15, -0.1) is 0 Å². The highest BCUT2D eigenvalue weighted by Crippen LogP contribution is 2.18. The molecule has 1 fully saturated rings. The van der Waals surface area contributed by atoms with Crippen LogP contribution in [-0.2, 0) is 19.1 Å². The van der Waals surface area contributed by atoms with Crippen molar-refractivity contribution < 1.29 is 38.8 Å². The van der Waals surface area contributed by atoms with Crippen molar-refractivity contribution in [3.05, 3.63) is 23.7 Å². The van der Waals surface area contributed by atoms with E-state index >= 15 is 0 Å². The van der Waals surface area contributed by atoms with Crippen molar-refractivity contribution in [3.8, 4) is 0 Å². The molecule has 0 aromatic carbocycles. The fourth-order valence-corrected chi connectivity index (χ4v) is 1.71. The normalized spacial score (nSPS) is 25.7. The Morgan fingerprint density at radius 3 is 2.59 bits per heavy atom. The first-order chi connectivity index (χ1) is 10.4. The number of carboxylic acids is 1. The van der Waals surface area contributed by atoms with Gasteiger partial charge >= 0.3 is 5.97 Å². The molecule has 0 spiro atoms. The first-order valence-corrected chi connectivity index (χ1v) is 6.14. The lowest BCUT2D eigenvalue weighted by molar-refractivity contribution is -0.134. The second kappa shape index (κ2) is 8.22. The third kappa shape index (κ3) is 4.91. The lowest BCUT2D eigenvalue weighted by Crippen LogP contribution is -2.36. The third-order valence-electron chi connectivity index (χ3n) is 2.75. The predicted molar refractivity (Wildman–Crippen MR) is 68.6 cm³/mol. The van der Waals surface area contributed by atoms with Crippen LogP contribution in [0.3, 0.4) is 0 Å². The molecule has 1 heterocycles. The quantitative estimate of drug-likeness (QED) is 0.210. The van der Waals surface area contributed by atoms with Crippen LogP contribution in [0.5, 0.6) is 0 Å². The Morgan fingerprint density at radius 1 is 1.41 bits per heavy atom. The Balaban J connectivity index is 2.79. The second-order valence-corrected chi connectivity index (χ2v) is 4.30. The molecule has 3 unspecified atom stereocenters. The van der Waals surface area contributed by atoms with Gasteiger partial charge in [0.1, 0.15) is 12.3 Å². The highest BCUT2D eigenvalue weighted by atomic mass is 19.1. The largest absolute Gasteiger partial charge is 0.476 e. The van der Waals surface area contributed by atoms with Crippen molar-refractivity contribution in [1.82, 2.24) is 10.6 Å². The van der Waals surface area contributed by atoms with Crippen LogP contribution in [0.2, 0.25) is 0 Å². The van der Waals surface area contributed by atoms with Gasteiger partial charge in [0, 0.05) is 12.6 Å². The molecule has 1 saturated heterocycles. The molecule has 2 amide bonds. The summed E-state index contributed by atoms with van der Waals surface area (Å²) in [6.07, 6.45) is -1.36. The summed E-state index contributed by atoms with van der Waals surface area (Å²) in [5.74, 6) is -4.41. The van der Waals surface area contributed by atoms with Crippen molar-refractivity contribution in [2.75, 3.05) is 6.61 Å². The SMILES string of the molecule is O=CN/C=C(/C=C(\F)C(=O)O)C(=O)NC1CC(O)C(CO)O1. The molecule has 0 aromatic rings. The minimum Gasteiger partial charge on any atom is -0.476 e. The van der Waals surface area contributed by atoms with E-state index in [2.05, 4.69) is 5.32 Å². The number of ether oxygens (including phenoxy) is 1. The number of aliphatic hydroxyl groups is 2. The zero-order valence-electron chi connectivity index (χ0n) is 11.2. The highest BCUT2D eigenvalue weighted by Gasteiger charge is 2.34. The maximum Gasteiger partial charge on any atom is 0.364 e. The summed E-state index contributed by atoms with van der Waals surface area (Å²) in [7, 11) is 0. The van der Waals surface area contributed by atoms with E-state index in [0.717, 1.165) is 6.20 Å². The number of hydrogen-bond donors (Lipinski definition) is 5. The molecule has 10 heteroatoms. The second-order valence-electron chi connectivity index (χ2n) is 4.30. The number of halogens is 1. The van der Waals surface area contributed by atoms with Gasteiger partial charge in [-0.3, -0.25) is 9.59 Å². The Kier molecular flexibility index (Phi) is 6.63. The van der Waals surface area contributed by atoms with Gasteiger partial charge in [0.2, 0.25) is 12.2 Å². The summed E-state index contributed by atoms with van der Waals surface area (Å²) in [5, 5.41) is 31.1. The molecule has 122 valence electrons. The zero-order chi connectivity index (χ0) is 16.7. The number of carbonyl (C=O) groups is 3. The van der Waals surface area contributed by atoms with Gasteiger partial charge in [-0.05, 0) is 6.08 Å². The molecule has 9 nitrogen and oxygen atoms in total. The standard InChI is InChI=1S/C12H15FN2O7/c13-7(12(20)21)1-6(3-14-5-17)11(19)15-10-2-8(18)9(4-16)22-10/h1,3,5,8-10,16,18H,2,4H2,(H,14,17)(H,15,19)(H,20,21)/b6-3-,7-1-. The Hall–Kier alpha value is -2.30. The fraction of sp³-hybridized carbons (Fsp3) is 0.417. The molecule has 0 saturated carbocycles. The first kappa shape index (κ1) is 17.8. The number of hydrogen-bond acceptors (Lipinski definition) is 6. The van der Waals surface area contributed by atoms with Gasteiger partial charge in [-0.1, -0.05) is 0 Å². The van der Waals surface area contributed by atoms with Crippen LogP contribution < -0.4 is 10.6 Å². The molecule has 1 aliphatic heterocycles. The summed E-state index contributed by atoms with van der Waals surface area (Å²) in [6, 6.07) is 0. The van der Waals surface area contributed by atoms with Gasteiger partial charge in [0.05, 0.1) is 18.3 Å². The summed E-state index contributed by atoms with van der Waals surface area (Å²) in [6.45, 7) is -0.448. The molecule has 0 bridgehead atoms. The molecule has 0 radical (unpaired) electrons. The van der Waals surface area contributed by atoms with Crippen LogP contribution in [0.4, 0.5) is 4.39 Å². The molecule has 3 atom stereocenters. The van der Waals surface area contributed by atoms with Crippen LogP contribution in [0.15, 0.2) is 23.7 Å². The van der Waals surface area contributed by atoms with E-state index in [-0.39, 0.29) is 12.8 Å². The van der Waals surface area contributed by atoms with Gasteiger partial charge in [0.15, 0.2) is 0 Å². The number of aliphatic carboxylic acids is 1. The van der Waals surface area contributed by atoms with E-state index < -0.39 is 48.3 Å². The van der Waals surface area contributed by atoms with Crippen LogP contribution in [0.1, 0.15) is 6.42 Å². The van der Waals surface area contributed by atoms with E-state index in [1.807, 2.05) is 5.32 Å². The number of rotatable bonds is 7. The summed E-state index contributed by atoms with van der Waals surface area (Å²) in [5.41, 5.74) is -0.475. The van der Waals surface area contributed by atoms with Crippen LogP contribution in [0, 0.1) is 0 Å². The average molecular weight is 318 g/mol. The topological polar surface area (TPSA) is 145 Å². The first-order valence-electron chi connectivity index (χ1n) is 6.14. The number of amides is 2. The van der Waals surface area contributed by atoms with Gasteiger partial charge < -0.3 is 30.7 Å². The van der Waals surface area contributed by atoms with E-state index in [1.165, 1.54) is 0 Å². The van der Waals surface area contributed by atoms with Gasteiger partial charge in [0.25, 0.3) is 5.91 Å². The zero-order valence-corrected chi connectivity index (χ0v) is 11.2. The number of carbonyl (C=O) groups excluding carboxylic acids is 2. The molecule has 0 aromatic heterocycles. The lowest BCUT2D eigenvalue weighted by atomic mass is 10.2. The maximum atomic E-state index is 13.1. The molecular weight excluding hydrogens is 303 g/mol. The maximum absolute atomic E-state index is 13.1. The average Bonchev–Trinajstić information content (AvgIpc) is 2.82. The van der Waals surface area contributed by atoms with Crippen LogP contribution >= 0.6 is 0 Å². The molecular formula is C12H15FN2O7. The molecule has 1 rings (SSSR count). The lowest BCUT2D eigenvalue weighted by Gasteiger charge is -2.14. The smallest absolute Gasteiger partial charge is 0.364 e.